The van der Waals surface area contributed by atoms with Gasteiger partial charge in [-0.3, -0.25) is 4.79 Å². The molecule has 21 heavy (non-hydrogen) atoms. The molecule has 3 heterocycles. The SMILES string of the molecule is O=C(Cn1cccc1)N1CCC[C@H](Oc2ncccn2)C1. The van der Waals surface area contributed by atoms with E-state index in [2.05, 4.69) is 9.97 Å². The van der Waals surface area contributed by atoms with Crippen LogP contribution >= 0.6 is 0 Å². The van der Waals surface area contributed by atoms with Gasteiger partial charge in [0, 0.05) is 31.3 Å². The second kappa shape index (κ2) is 6.39. The van der Waals surface area contributed by atoms with Crippen LogP contribution in [0.2, 0.25) is 0 Å². The van der Waals surface area contributed by atoms with E-state index in [1.54, 1.807) is 18.5 Å². The zero-order valence-corrected chi connectivity index (χ0v) is 11.8. The lowest BCUT2D eigenvalue weighted by Gasteiger charge is -2.32. The number of aromatic nitrogens is 3. The molecule has 0 N–H and O–H groups in total. The number of nitrogens with zero attached hydrogens (tertiary/aromatic N) is 4. The maximum absolute atomic E-state index is 12.3. The van der Waals surface area contributed by atoms with Gasteiger partial charge in [0.1, 0.15) is 12.6 Å². The fraction of sp³-hybridized carbons (Fsp3) is 0.400. The van der Waals surface area contributed by atoms with Crippen molar-refractivity contribution in [3.63, 3.8) is 0 Å². The van der Waals surface area contributed by atoms with Crippen LogP contribution in [0.15, 0.2) is 43.0 Å². The molecule has 0 aliphatic carbocycles. The summed E-state index contributed by atoms with van der Waals surface area (Å²) < 4.78 is 7.63. The predicted octanol–water partition coefficient (Wildman–Crippen LogP) is 1.35. The molecule has 1 aliphatic heterocycles. The van der Waals surface area contributed by atoms with Gasteiger partial charge in [0.2, 0.25) is 5.91 Å². The topological polar surface area (TPSA) is 60.2 Å². The number of rotatable bonds is 4. The molecule has 0 unspecified atom stereocenters. The van der Waals surface area contributed by atoms with Crippen molar-refractivity contribution in [3.8, 4) is 6.01 Å². The van der Waals surface area contributed by atoms with E-state index in [1.165, 1.54) is 0 Å². The van der Waals surface area contributed by atoms with Crippen molar-refractivity contribution in [1.29, 1.82) is 0 Å². The molecule has 0 aromatic carbocycles. The van der Waals surface area contributed by atoms with Crippen LogP contribution in [0.25, 0.3) is 0 Å². The molecule has 0 saturated carbocycles. The Labute approximate surface area is 123 Å². The molecule has 2 aromatic heterocycles. The van der Waals surface area contributed by atoms with Crippen LogP contribution in [0, 0.1) is 0 Å². The number of piperidine rings is 1. The molecule has 1 aliphatic rings. The van der Waals surface area contributed by atoms with Gasteiger partial charge in [0.05, 0.1) is 6.54 Å². The average molecular weight is 286 g/mol. The highest BCUT2D eigenvalue weighted by molar-refractivity contribution is 5.76. The van der Waals surface area contributed by atoms with Gasteiger partial charge in [-0.05, 0) is 31.0 Å². The molecule has 0 bridgehead atoms. The van der Waals surface area contributed by atoms with Crippen molar-refractivity contribution in [3.05, 3.63) is 43.0 Å². The van der Waals surface area contributed by atoms with Gasteiger partial charge in [-0.1, -0.05) is 0 Å². The third-order valence-electron chi connectivity index (χ3n) is 3.53. The highest BCUT2D eigenvalue weighted by Crippen LogP contribution is 2.15. The van der Waals surface area contributed by atoms with Gasteiger partial charge in [-0.2, -0.15) is 0 Å². The third kappa shape index (κ3) is 3.59. The third-order valence-corrected chi connectivity index (χ3v) is 3.53. The molecule has 0 radical (unpaired) electrons. The van der Waals surface area contributed by atoms with Crippen LogP contribution in [-0.4, -0.2) is 44.5 Å². The number of hydrogen-bond acceptors (Lipinski definition) is 4. The van der Waals surface area contributed by atoms with Crippen molar-refractivity contribution < 1.29 is 9.53 Å². The summed E-state index contributed by atoms with van der Waals surface area (Å²) in [5.74, 6) is 0.119. The van der Waals surface area contributed by atoms with E-state index in [1.807, 2.05) is 34.0 Å². The lowest BCUT2D eigenvalue weighted by atomic mass is 10.1. The molecule has 1 saturated heterocycles. The van der Waals surface area contributed by atoms with E-state index < -0.39 is 0 Å². The molecular formula is C15H18N4O2. The molecule has 6 nitrogen and oxygen atoms in total. The first-order valence-corrected chi connectivity index (χ1v) is 7.13. The first-order valence-electron chi connectivity index (χ1n) is 7.13. The van der Waals surface area contributed by atoms with Crippen LogP contribution in [0.4, 0.5) is 0 Å². The summed E-state index contributed by atoms with van der Waals surface area (Å²) in [5, 5.41) is 0. The number of carbonyl (C=O) groups excluding carboxylic acids is 1. The van der Waals surface area contributed by atoms with Gasteiger partial charge in [-0.15, -0.1) is 0 Å². The molecular weight excluding hydrogens is 268 g/mol. The maximum Gasteiger partial charge on any atom is 0.316 e. The van der Waals surface area contributed by atoms with Crippen molar-refractivity contribution in [1.82, 2.24) is 19.4 Å². The van der Waals surface area contributed by atoms with E-state index in [4.69, 9.17) is 4.74 Å². The highest BCUT2D eigenvalue weighted by Gasteiger charge is 2.25. The van der Waals surface area contributed by atoms with Crippen LogP contribution in [-0.2, 0) is 11.3 Å². The molecule has 110 valence electrons. The van der Waals surface area contributed by atoms with Crippen LogP contribution < -0.4 is 4.74 Å². The zero-order chi connectivity index (χ0) is 14.5. The van der Waals surface area contributed by atoms with Gasteiger partial charge in [0.25, 0.3) is 0 Å². The van der Waals surface area contributed by atoms with Crippen molar-refractivity contribution in [2.45, 2.75) is 25.5 Å². The Hall–Kier alpha value is -2.37. The summed E-state index contributed by atoms with van der Waals surface area (Å²) in [6.45, 7) is 1.76. The van der Waals surface area contributed by atoms with Crippen LogP contribution in [0.1, 0.15) is 12.8 Å². The van der Waals surface area contributed by atoms with Crippen molar-refractivity contribution >= 4 is 5.91 Å². The predicted molar refractivity (Wildman–Crippen MR) is 76.7 cm³/mol. The Bertz CT molecular complexity index is 571. The van der Waals surface area contributed by atoms with Crippen LogP contribution in [0.5, 0.6) is 6.01 Å². The molecule has 1 atom stereocenters. The first-order chi connectivity index (χ1) is 10.3. The Kier molecular flexibility index (Phi) is 4.14. The van der Waals surface area contributed by atoms with Gasteiger partial charge in [0.15, 0.2) is 0 Å². The summed E-state index contributed by atoms with van der Waals surface area (Å²) in [6.07, 6.45) is 8.93. The monoisotopic (exact) mass is 286 g/mol. The number of likely N-dealkylation sites (tertiary alicyclic amines) is 1. The molecule has 1 fully saturated rings. The summed E-state index contributed by atoms with van der Waals surface area (Å²) in [5.41, 5.74) is 0. The van der Waals surface area contributed by atoms with E-state index >= 15 is 0 Å². The second-order valence-electron chi connectivity index (χ2n) is 5.11. The number of amides is 1. The Morgan fingerprint density at radius 3 is 2.76 bits per heavy atom. The Morgan fingerprint density at radius 2 is 2.00 bits per heavy atom. The molecule has 0 spiro atoms. The normalized spacial score (nSPS) is 18.5. The average Bonchev–Trinajstić information content (AvgIpc) is 3.01. The van der Waals surface area contributed by atoms with E-state index in [0.717, 1.165) is 19.4 Å². The second-order valence-corrected chi connectivity index (χ2v) is 5.11. The highest BCUT2D eigenvalue weighted by atomic mass is 16.5. The number of carbonyl (C=O) groups is 1. The number of ether oxygens (including phenoxy) is 1. The van der Waals surface area contributed by atoms with E-state index in [-0.39, 0.29) is 12.0 Å². The Morgan fingerprint density at radius 1 is 1.24 bits per heavy atom. The zero-order valence-electron chi connectivity index (χ0n) is 11.8. The summed E-state index contributed by atoms with van der Waals surface area (Å²) in [4.78, 5) is 22.3. The largest absolute Gasteiger partial charge is 0.458 e. The van der Waals surface area contributed by atoms with Gasteiger partial charge < -0.3 is 14.2 Å². The quantitative estimate of drug-likeness (QED) is 0.851. The summed E-state index contributed by atoms with van der Waals surface area (Å²) in [7, 11) is 0. The fourth-order valence-electron chi connectivity index (χ4n) is 2.49. The van der Waals surface area contributed by atoms with Gasteiger partial charge in [-0.25, -0.2) is 9.97 Å². The minimum atomic E-state index is -0.0326. The fourth-order valence-corrected chi connectivity index (χ4v) is 2.49. The summed E-state index contributed by atoms with van der Waals surface area (Å²) in [6, 6.07) is 5.97. The standard InChI is InChI=1S/C15H18N4O2/c20-14(12-18-8-1-2-9-18)19-10-3-5-13(11-19)21-15-16-6-4-7-17-15/h1-2,4,6-9,13H,3,5,10-12H2/t13-/m0/s1. The molecule has 2 aromatic rings. The van der Waals surface area contributed by atoms with Crippen molar-refractivity contribution in [2.24, 2.45) is 0 Å². The van der Waals surface area contributed by atoms with Crippen LogP contribution in [0.3, 0.4) is 0 Å². The number of hydrogen-bond donors (Lipinski definition) is 0. The van der Waals surface area contributed by atoms with Crippen molar-refractivity contribution in [2.75, 3.05) is 13.1 Å². The van der Waals surface area contributed by atoms with E-state index in [9.17, 15) is 4.79 Å². The summed E-state index contributed by atoms with van der Waals surface area (Å²) >= 11 is 0. The maximum atomic E-state index is 12.3. The minimum absolute atomic E-state index is 0.0326. The van der Waals surface area contributed by atoms with E-state index in [0.29, 0.717) is 19.1 Å². The molecule has 1 amide bonds. The van der Waals surface area contributed by atoms with Gasteiger partial charge >= 0.3 is 6.01 Å². The smallest absolute Gasteiger partial charge is 0.316 e. The lowest BCUT2D eigenvalue weighted by molar-refractivity contribution is -0.134. The first kappa shape index (κ1) is 13.6. The molecule has 3 rings (SSSR count). The Balaban J connectivity index is 1.56. The minimum Gasteiger partial charge on any atom is -0.458 e. The lowest BCUT2D eigenvalue weighted by Crippen LogP contribution is -2.45. The molecule has 6 heteroatoms.